The van der Waals surface area contributed by atoms with Crippen LogP contribution in [0.1, 0.15) is 54.6 Å². The molecule has 2 aromatic carbocycles. The van der Waals surface area contributed by atoms with Gasteiger partial charge in [0.15, 0.2) is 11.6 Å². The van der Waals surface area contributed by atoms with Crippen LogP contribution in [0.3, 0.4) is 0 Å². The number of aliphatic imine (C=N–C) groups is 2. The molecule has 42 heavy (non-hydrogen) atoms. The summed E-state index contributed by atoms with van der Waals surface area (Å²) in [5, 5.41) is 4.08. The van der Waals surface area contributed by atoms with Gasteiger partial charge >= 0.3 is 0 Å². The van der Waals surface area contributed by atoms with Crippen LogP contribution in [0, 0.1) is 37.3 Å². The Morgan fingerprint density at radius 3 is 2.26 bits per heavy atom. The summed E-state index contributed by atoms with van der Waals surface area (Å²) < 4.78 is 32.0. The Morgan fingerprint density at radius 1 is 1.00 bits per heavy atom. The van der Waals surface area contributed by atoms with Crippen LogP contribution < -0.4 is 0 Å². The highest BCUT2D eigenvalue weighted by molar-refractivity contribution is 6.00. The first kappa shape index (κ1) is 31.6. The minimum Gasteiger partial charge on any atom is -0.361 e. The molecular weight excluding hydrogens is 530 g/mol. The van der Waals surface area contributed by atoms with Crippen molar-refractivity contribution in [3.63, 3.8) is 0 Å². The van der Waals surface area contributed by atoms with Crippen LogP contribution in [0.2, 0.25) is 0 Å². The van der Waals surface area contributed by atoms with Crippen molar-refractivity contribution >= 4 is 11.9 Å². The predicted octanol–water partition coefficient (Wildman–Crippen LogP) is 8.25. The number of halogens is 2. The van der Waals surface area contributed by atoms with Gasteiger partial charge in [0.25, 0.3) is 0 Å². The quantitative estimate of drug-likeness (QED) is 0.135. The predicted molar refractivity (Wildman–Crippen MR) is 167 cm³/mol. The fourth-order valence-corrected chi connectivity index (χ4v) is 3.96. The molecule has 214 valence electrons. The summed E-state index contributed by atoms with van der Waals surface area (Å²) in [6.07, 6.45) is 4.15. The molecule has 0 spiro atoms. The minimum atomic E-state index is -0.894. The summed E-state index contributed by atoms with van der Waals surface area (Å²) in [5.74, 6) is 5.49. The number of aryl methyl sites for hydroxylation is 3. The Hall–Kier alpha value is -4.96. The largest absolute Gasteiger partial charge is 0.361 e. The summed E-state index contributed by atoms with van der Waals surface area (Å²) in [4.78, 5) is 12.5. The smallest absolute Gasteiger partial charge is 0.167 e. The standard InChI is InChI=1S/C20H18N2O.C15H16F2N2/c1-4-19-13-20(22-23-19)18-9-7-16(8-10-18)5-6-17-11-14(2)21-15(3)12-17;1-5-14(10(2)9-18-4)19-11(3)12-7-6-8-13(16)15(12)17/h7-13H,4H2,1-3H3;5-9H,2H2,1,3-4H3/b;14-5+,18-9?,19-11?. The topological polar surface area (TPSA) is 63.6 Å². The van der Waals surface area contributed by atoms with E-state index in [2.05, 4.69) is 38.5 Å². The van der Waals surface area contributed by atoms with Crippen molar-refractivity contribution in [1.82, 2.24) is 10.1 Å². The Balaban J connectivity index is 0.000000236. The molecule has 4 aromatic rings. The number of pyridine rings is 1. The van der Waals surface area contributed by atoms with Crippen LogP contribution in [0.25, 0.3) is 11.3 Å². The molecule has 0 aliphatic carbocycles. The van der Waals surface area contributed by atoms with Crippen LogP contribution in [0.4, 0.5) is 8.78 Å². The van der Waals surface area contributed by atoms with Gasteiger partial charge in [0.05, 0.1) is 5.70 Å². The van der Waals surface area contributed by atoms with Gasteiger partial charge < -0.3 is 4.52 Å². The lowest BCUT2D eigenvalue weighted by Gasteiger charge is -2.06. The van der Waals surface area contributed by atoms with Gasteiger partial charge in [-0.1, -0.05) is 54.8 Å². The highest BCUT2D eigenvalue weighted by atomic mass is 19.2. The van der Waals surface area contributed by atoms with Gasteiger partial charge in [-0.15, -0.1) is 0 Å². The van der Waals surface area contributed by atoms with Crippen molar-refractivity contribution < 1.29 is 13.3 Å². The molecule has 4 rings (SSSR count). The van der Waals surface area contributed by atoms with Gasteiger partial charge in [0.1, 0.15) is 11.5 Å². The fourth-order valence-electron chi connectivity index (χ4n) is 3.96. The molecule has 0 fully saturated rings. The number of hydrogen-bond acceptors (Lipinski definition) is 5. The third-order valence-electron chi connectivity index (χ3n) is 6.04. The molecule has 0 saturated carbocycles. The second-order valence-electron chi connectivity index (χ2n) is 9.38. The van der Waals surface area contributed by atoms with Crippen molar-refractivity contribution in [3.8, 4) is 23.1 Å². The molecular formula is C35H34F2N4O. The van der Waals surface area contributed by atoms with E-state index in [0.29, 0.717) is 17.0 Å². The summed E-state index contributed by atoms with van der Waals surface area (Å²) >= 11 is 0. The average Bonchev–Trinajstić information content (AvgIpc) is 3.46. The van der Waals surface area contributed by atoms with Crippen LogP contribution in [-0.4, -0.2) is 29.1 Å². The number of rotatable bonds is 6. The van der Waals surface area contributed by atoms with Crippen molar-refractivity contribution in [2.75, 3.05) is 7.05 Å². The number of hydrogen-bond donors (Lipinski definition) is 0. The van der Waals surface area contributed by atoms with Gasteiger partial charge in [0.2, 0.25) is 0 Å². The molecule has 0 atom stereocenters. The number of nitrogens with zero attached hydrogens (tertiary/aromatic N) is 4. The molecule has 0 N–H and O–H groups in total. The van der Waals surface area contributed by atoms with E-state index in [0.717, 1.165) is 52.0 Å². The van der Waals surface area contributed by atoms with Gasteiger partial charge in [0, 0.05) is 70.7 Å². The van der Waals surface area contributed by atoms with E-state index in [9.17, 15) is 8.78 Å². The van der Waals surface area contributed by atoms with Crippen LogP contribution in [-0.2, 0) is 6.42 Å². The Kier molecular flexibility index (Phi) is 11.4. The molecule has 0 bridgehead atoms. The normalized spacial score (nSPS) is 11.5. The van der Waals surface area contributed by atoms with E-state index < -0.39 is 11.6 Å². The highest BCUT2D eigenvalue weighted by Gasteiger charge is 2.11. The SMILES string of the molecule is C=C(C=NC)/C(=C\C)N=C(C)c1cccc(F)c1F.CCc1cc(-c2ccc(C#Cc3cc(C)nc(C)c3)cc2)no1. The monoisotopic (exact) mass is 564 g/mol. The average molecular weight is 565 g/mol. The molecule has 2 heterocycles. The third kappa shape index (κ3) is 8.77. The zero-order chi connectivity index (χ0) is 30.6. The molecule has 7 heteroatoms. The van der Waals surface area contributed by atoms with Gasteiger partial charge in [-0.05, 0) is 64.1 Å². The first-order valence-electron chi connectivity index (χ1n) is 13.5. The zero-order valence-corrected chi connectivity index (χ0v) is 24.8. The fraction of sp³-hybridized carbons (Fsp3) is 0.200. The maximum atomic E-state index is 13.6. The first-order valence-corrected chi connectivity index (χ1v) is 13.5. The third-order valence-corrected chi connectivity index (χ3v) is 6.04. The lowest BCUT2D eigenvalue weighted by atomic mass is 10.1. The van der Waals surface area contributed by atoms with E-state index in [1.807, 2.05) is 63.2 Å². The lowest BCUT2D eigenvalue weighted by Crippen LogP contribution is -2.02. The molecule has 0 aliphatic rings. The lowest BCUT2D eigenvalue weighted by molar-refractivity contribution is 0.389. The molecule has 2 aromatic heterocycles. The number of aromatic nitrogens is 2. The van der Waals surface area contributed by atoms with Gasteiger partial charge in [-0.2, -0.15) is 0 Å². The maximum absolute atomic E-state index is 13.6. The van der Waals surface area contributed by atoms with E-state index in [1.165, 1.54) is 12.1 Å². The van der Waals surface area contributed by atoms with Crippen molar-refractivity contribution in [3.05, 3.63) is 130 Å². The van der Waals surface area contributed by atoms with E-state index in [-0.39, 0.29) is 5.56 Å². The van der Waals surface area contributed by atoms with E-state index in [1.54, 1.807) is 33.2 Å². The molecule has 5 nitrogen and oxygen atoms in total. The molecule has 0 amide bonds. The summed E-state index contributed by atoms with van der Waals surface area (Å²) in [6, 6.07) is 18.0. The molecule has 0 aliphatic heterocycles. The van der Waals surface area contributed by atoms with Crippen LogP contribution in [0.5, 0.6) is 0 Å². The Bertz CT molecular complexity index is 1680. The van der Waals surface area contributed by atoms with Crippen molar-refractivity contribution in [2.45, 2.75) is 41.0 Å². The zero-order valence-electron chi connectivity index (χ0n) is 24.8. The van der Waals surface area contributed by atoms with Crippen molar-refractivity contribution in [1.29, 1.82) is 0 Å². The molecule has 0 saturated heterocycles. The van der Waals surface area contributed by atoms with Gasteiger partial charge in [-0.3, -0.25) is 15.0 Å². The maximum Gasteiger partial charge on any atom is 0.167 e. The Morgan fingerprint density at radius 2 is 1.67 bits per heavy atom. The second kappa shape index (κ2) is 15.2. The van der Waals surface area contributed by atoms with Crippen LogP contribution >= 0.6 is 0 Å². The van der Waals surface area contributed by atoms with Gasteiger partial charge in [-0.25, -0.2) is 8.78 Å². The summed E-state index contributed by atoms with van der Waals surface area (Å²) in [6.45, 7) is 13.2. The summed E-state index contributed by atoms with van der Waals surface area (Å²) in [7, 11) is 1.63. The second-order valence-corrected chi connectivity index (χ2v) is 9.38. The molecule has 0 unspecified atom stereocenters. The minimum absolute atomic E-state index is 0.139. The summed E-state index contributed by atoms with van der Waals surface area (Å²) in [5.41, 5.74) is 7.55. The number of allylic oxidation sites excluding steroid dienone is 2. The van der Waals surface area contributed by atoms with E-state index in [4.69, 9.17) is 4.52 Å². The van der Waals surface area contributed by atoms with Crippen LogP contribution in [0.15, 0.2) is 99.1 Å². The Labute approximate surface area is 246 Å². The highest BCUT2D eigenvalue weighted by Crippen LogP contribution is 2.20. The first-order chi connectivity index (χ1) is 20.1. The van der Waals surface area contributed by atoms with Crippen molar-refractivity contribution in [2.24, 2.45) is 9.98 Å². The van der Waals surface area contributed by atoms with E-state index >= 15 is 0 Å². The number of benzene rings is 2. The molecule has 0 radical (unpaired) electrons.